The second-order valence-corrected chi connectivity index (χ2v) is 5.24. The molecule has 1 fully saturated rings. The lowest BCUT2D eigenvalue weighted by Gasteiger charge is -2.35. The van der Waals surface area contributed by atoms with Crippen LogP contribution in [0.4, 0.5) is 4.39 Å². The van der Waals surface area contributed by atoms with Gasteiger partial charge < -0.3 is 14.6 Å². The van der Waals surface area contributed by atoms with Gasteiger partial charge in [0.25, 0.3) is 0 Å². The van der Waals surface area contributed by atoms with Gasteiger partial charge in [-0.2, -0.15) is 0 Å². The number of carbonyl (C=O) groups is 1. The van der Waals surface area contributed by atoms with Gasteiger partial charge in [-0.1, -0.05) is 6.07 Å². The molecule has 0 spiro atoms. The van der Waals surface area contributed by atoms with E-state index in [4.69, 9.17) is 9.47 Å². The van der Waals surface area contributed by atoms with Crippen molar-refractivity contribution in [2.24, 2.45) is 5.92 Å². The molecule has 2 unspecified atom stereocenters. The van der Waals surface area contributed by atoms with Crippen LogP contribution >= 0.6 is 0 Å². The smallest absolute Gasteiger partial charge is 0.307 e. The van der Waals surface area contributed by atoms with Crippen LogP contribution in [0.3, 0.4) is 0 Å². The number of rotatable bonds is 5. The number of benzene rings is 1. The average Bonchev–Trinajstić information content (AvgIpc) is 2.48. The second-order valence-electron chi connectivity index (χ2n) is 5.24. The van der Waals surface area contributed by atoms with E-state index in [-0.39, 0.29) is 11.9 Å². The SMILES string of the molecule is COc1cccc(F)c1CN1CC(OC)CC(C(=O)O)C1. The standard InChI is InChI=1S/C15H20FNO4/c1-20-11-6-10(15(18)19)7-17(8-11)9-12-13(16)4-3-5-14(12)21-2/h3-5,10-11H,6-9H2,1-2H3,(H,18,19). The molecule has 0 saturated carbocycles. The first-order chi connectivity index (χ1) is 10.0. The fourth-order valence-electron chi connectivity index (χ4n) is 2.73. The molecular weight excluding hydrogens is 277 g/mol. The lowest BCUT2D eigenvalue weighted by Crippen LogP contribution is -2.45. The monoisotopic (exact) mass is 297 g/mol. The van der Waals surface area contributed by atoms with E-state index in [1.807, 2.05) is 4.90 Å². The van der Waals surface area contributed by atoms with E-state index in [1.54, 1.807) is 19.2 Å². The number of nitrogens with zero attached hydrogens (tertiary/aromatic N) is 1. The molecule has 0 aromatic heterocycles. The third-order valence-corrected chi connectivity index (χ3v) is 3.85. The molecular formula is C15H20FNO4. The molecule has 21 heavy (non-hydrogen) atoms. The van der Waals surface area contributed by atoms with Crippen LogP contribution in [-0.4, -0.2) is 49.4 Å². The fourth-order valence-corrected chi connectivity index (χ4v) is 2.73. The number of halogens is 1. The zero-order valence-electron chi connectivity index (χ0n) is 12.2. The third-order valence-electron chi connectivity index (χ3n) is 3.85. The van der Waals surface area contributed by atoms with Crippen LogP contribution in [0.1, 0.15) is 12.0 Å². The van der Waals surface area contributed by atoms with E-state index in [1.165, 1.54) is 13.2 Å². The maximum Gasteiger partial charge on any atom is 0.307 e. The molecule has 5 nitrogen and oxygen atoms in total. The third kappa shape index (κ3) is 3.71. The summed E-state index contributed by atoms with van der Waals surface area (Å²) >= 11 is 0. The Balaban J connectivity index is 2.16. The van der Waals surface area contributed by atoms with Crippen LogP contribution in [0, 0.1) is 11.7 Å². The first kappa shape index (κ1) is 15.7. The van der Waals surface area contributed by atoms with E-state index in [0.29, 0.717) is 37.4 Å². The summed E-state index contributed by atoms with van der Waals surface area (Å²) in [6.45, 7) is 1.27. The van der Waals surface area contributed by atoms with Crippen molar-refractivity contribution in [2.75, 3.05) is 27.3 Å². The van der Waals surface area contributed by atoms with Crippen molar-refractivity contribution in [3.8, 4) is 5.75 Å². The van der Waals surface area contributed by atoms with Crippen LogP contribution < -0.4 is 4.74 Å². The summed E-state index contributed by atoms with van der Waals surface area (Å²) < 4.78 is 24.4. The fraction of sp³-hybridized carbons (Fsp3) is 0.533. The Bertz CT molecular complexity index is 508. The summed E-state index contributed by atoms with van der Waals surface area (Å²) in [5, 5.41) is 9.21. The highest BCUT2D eigenvalue weighted by Gasteiger charge is 2.32. The van der Waals surface area contributed by atoms with Gasteiger partial charge in [0.05, 0.1) is 19.1 Å². The van der Waals surface area contributed by atoms with E-state index < -0.39 is 11.9 Å². The van der Waals surface area contributed by atoms with Crippen molar-refractivity contribution in [3.05, 3.63) is 29.6 Å². The molecule has 0 aliphatic carbocycles. The van der Waals surface area contributed by atoms with Gasteiger partial charge in [-0.25, -0.2) is 4.39 Å². The summed E-state index contributed by atoms with van der Waals surface area (Å²) in [5.74, 6) is -1.22. The molecule has 1 saturated heterocycles. The summed E-state index contributed by atoms with van der Waals surface area (Å²) in [6, 6.07) is 4.67. The summed E-state index contributed by atoms with van der Waals surface area (Å²) in [7, 11) is 3.06. The quantitative estimate of drug-likeness (QED) is 0.897. The van der Waals surface area contributed by atoms with E-state index in [2.05, 4.69) is 0 Å². The molecule has 1 heterocycles. The van der Waals surface area contributed by atoms with Gasteiger partial charge in [0.15, 0.2) is 0 Å². The van der Waals surface area contributed by atoms with Gasteiger partial charge in [-0.05, 0) is 18.6 Å². The average molecular weight is 297 g/mol. The van der Waals surface area contributed by atoms with Crippen LogP contribution in [0.5, 0.6) is 5.75 Å². The van der Waals surface area contributed by atoms with Gasteiger partial charge >= 0.3 is 5.97 Å². The normalized spacial score (nSPS) is 23.0. The molecule has 1 N–H and O–H groups in total. The Labute approximate surface area is 123 Å². The zero-order valence-corrected chi connectivity index (χ0v) is 12.2. The van der Waals surface area contributed by atoms with Gasteiger partial charge in [0.2, 0.25) is 0 Å². The van der Waals surface area contributed by atoms with Gasteiger partial charge in [-0.15, -0.1) is 0 Å². The van der Waals surface area contributed by atoms with Crippen molar-refractivity contribution in [1.82, 2.24) is 4.90 Å². The van der Waals surface area contributed by atoms with Crippen molar-refractivity contribution in [3.63, 3.8) is 0 Å². The predicted molar refractivity (Wildman–Crippen MR) is 74.8 cm³/mol. The molecule has 6 heteroatoms. The molecule has 0 amide bonds. The minimum atomic E-state index is -0.845. The Morgan fingerprint density at radius 3 is 2.81 bits per heavy atom. The Kier molecular flexibility index (Phi) is 5.14. The number of methoxy groups -OCH3 is 2. The largest absolute Gasteiger partial charge is 0.496 e. The number of carboxylic acids is 1. The molecule has 116 valence electrons. The van der Waals surface area contributed by atoms with E-state index in [0.717, 1.165) is 0 Å². The number of hydrogen-bond donors (Lipinski definition) is 1. The predicted octanol–water partition coefficient (Wildman–Crippen LogP) is 1.76. The van der Waals surface area contributed by atoms with Crippen molar-refractivity contribution < 1.29 is 23.8 Å². The maximum absolute atomic E-state index is 14.0. The zero-order chi connectivity index (χ0) is 15.4. The molecule has 1 aromatic carbocycles. The van der Waals surface area contributed by atoms with Crippen molar-refractivity contribution >= 4 is 5.97 Å². The number of piperidine rings is 1. The number of ether oxygens (including phenoxy) is 2. The minimum Gasteiger partial charge on any atom is -0.496 e. The van der Waals surface area contributed by atoms with E-state index in [9.17, 15) is 14.3 Å². The number of aliphatic carboxylic acids is 1. The van der Waals surface area contributed by atoms with Crippen LogP contribution in [-0.2, 0) is 16.1 Å². The molecule has 2 atom stereocenters. The highest BCUT2D eigenvalue weighted by Crippen LogP contribution is 2.26. The summed E-state index contributed by atoms with van der Waals surface area (Å²) in [5.41, 5.74) is 0.445. The molecule has 1 aromatic rings. The number of likely N-dealkylation sites (tertiary alicyclic amines) is 1. The molecule has 0 bridgehead atoms. The Hall–Kier alpha value is -1.66. The minimum absolute atomic E-state index is 0.155. The van der Waals surface area contributed by atoms with Gasteiger partial charge in [-0.3, -0.25) is 9.69 Å². The van der Waals surface area contributed by atoms with Crippen LogP contribution in [0.2, 0.25) is 0 Å². The van der Waals surface area contributed by atoms with Crippen LogP contribution in [0.15, 0.2) is 18.2 Å². The first-order valence-corrected chi connectivity index (χ1v) is 6.84. The first-order valence-electron chi connectivity index (χ1n) is 6.84. The van der Waals surface area contributed by atoms with Crippen LogP contribution in [0.25, 0.3) is 0 Å². The summed E-state index contributed by atoms with van der Waals surface area (Å²) in [4.78, 5) is 13.1. The van der Waals surface area contributed by atoms with Gasteiger partial charge in [0, 0.05) is 32.3 Å². The lowest BCUT2D eigenvalue weighted by atomic mass is 9.95. The topological polar surface area (TPSA) is 59.0 Å². The van der Waals surface area contributed by atoms with Gasteiger partial charge in [0.1, 0.15) is 11.6 Å². The number of hydrogen-bond acceptors (Lipinski definition) is 4. The molecule has 1 aliphatic heterocycles. The highest BCUT2D eigenvalue weighted by atomic mass is 19.1. The maximum atomic E-state index is 14.0. The second kappa shape index (κ2) is 6.87. The van der Waals surface area contributed by atoms with Crippen molar-refractivity contribution in [1.29, 1.82) is 0 Å². The molecule has 1 aliphatic rings. The Morgan fingerprint density at radius 1 is 1.43 bits per heavy atom. The molecule has 0 radical (unpaired) electrons. The lowest BCUT2D eigenvalue weighted by molar-refractivity contribution is -0.146. The molecule has 2 rings (SSSR count). The Morgan fingerprint density at radius 2 is 2.19 bits per heavy atom. The number of carboxylic acid groups (broad SMARTS) is 1. The highest BCUT2D eigenvalue weighted by molar-refractivity contribution is 5.70. The van der Waals surface area contributed by atoms with Crippen molar-refractivity contribution in [2.45, 2.75) is 19.1 Å². The summed E-state index contributed by atoms with van der Waals surface area (Å²) in [6.07, 6.45) is 0.328. The van der Waals surface area contributed by atoms with E-state index >= 15 is 0 Å².